The highest BCUT2D eigenvalue weighted by Crippen LogP contribution is 1.99. The number of ether oxygens (including phenoxy) is 2. The van der Waals surface area contributed by atoms with Gasteiger partial charge in [-0.15, -0.1) is 0 Å². The van der Waals surface area contributed by atoms with E-state index in [-0.39, 0.29) is 0 Å². The fourth-order valence-corrected chi connectivity index (χ4v) is 0.485. The Morgan fingerprint density at radius 2 is 1.19 bits per heavy atom. The molecule has 0 spiro atoms. The average molecular weight is 234 g/mol. The number of rotatable bonds is 3. The number of Topliss-reactive ketones (excluding diaryl/α,β-unsaturated/α-hetero) is 1. The second-order valence-corrected chi connectivity index (χ2v) is 2.36. The van der Waals surface area contributed by atoms with Crippen molar-refractivity contribution in [1.82, 2.24) is 0 Å². The van der Waals surface area contributed by atoms with Crippen LogP contribution in [0.1, 0.15) is 6.92 Å². The lowest BCUT2D eigenvalue weighted by Crippen LogP contribution is -2.35. The maximum absolute atomic E-state index is 10.7. The standard InChI is InChI=1S/C7H6O9/c1-2(8)7(15-5(13)3(9)10)16-6(14)4(11)12/h7H,1H3,(H,9,10)(H,11,12). The zero-order valence-electron chi connectivity index (χ0n) is 7.83. The SMILES string of the molecule is CC(=O)C(OC(=O)C(=O)O)OC(=O)C(=O)O. The van der Waals surface area contributed by atoms with Crippen molar-refractivity contribution in [2.75, 3.05) is 0 Å². The van der Waals surface area contributed by atoms with Gasteiger partial charge in [-0.1, -0.05) is 0 Å². The Morgan fingerprint density at radius 1 is 0.875 bits per heavy atom. The van der Waals surface area contributed by atoms with E-state index in [1.54, 1.807) is 0 Å². The molecule has 0 aromatic heterocycles. The van der Waals surface area contributed by atoms with E-state index in [2.05, 4.69) is 9.47 Å². The summed E-state index contributed by atoms with van der Waals surface area (Å²) < 4.78 is 7.80. The zero-order valence-corrected chi connectivity index (χ0v) is 7.83. The van der Waals surface area contributed by atoms with Gasteiger partial charge in [0, 0.05) is 6.92 Å². The summed E-state index contributed by atoms with van der Waals surface area (Å²) in [5.41, 5.74) is 0. The molecule has 0 aliphatic rings. The highest BCUT2D eigenvalue weighted by molar-refractivity contribution is 6.30. The summed E-state index contributed by atoms with van der Waals surface area (Å²) in [7, 11) is 0. The third-order valence-corrected chi connectivity index (χ3v) is 1.11. The Morgan fingerprint density at radius 3 is 1.38 bits per heavy atom. The van der Waals surface area contributed by atoms with Crippen LogP contribution in [0.25, 0.3) is 0 Å². The zero-order chi connectivity index (χ0) is 12.9. The van der Waals surface area contributed by atoms with Gasteiger partial charge in [-0.25, -0.2) is 19.2 Å². The number of ketones is 1. The third kappa shape index (κ3) is 4.17. The van der Waals surface area contributed by atoms with Crippen LogP contribution in [0.4, 0.5) is 0 Å². The van der Waals surface area contributed by atoms with Crippen LogP contribution in [0.5, 0.6) is 0 Å². The lowest BCUT2D eigenvalue weighted by Gasteiger charge is -2.12. The van der Waals surface area contributed by atoms with Crippen LogP contribution in [0.3, 0.4) is 0 Å². The van der Waals surface area contributed by atoms with Gasteiger partial charge in [0.25, 0.3) is 0 Å². The minimum absolute atomic E-state index is 0.814. The number of carbonyl (C=O) groups excluding carboxylic acids is 3. The molecule has 0 aliphatic carbocycles. The van der Waals surface area contributed by atoms with Crippen molar-refractivity contribution in [2.45, 2.75) is 13.2 Å². The van der Waals surface area contributed by atoms with Gasteiger partial charge in [-0.3, -0.25) is 4.79 Å². The predicted octanol–water partition coefficient (Wildman–Crippen LogP) is -1.84. The van der Waals surface area contributed by atoms with Gasteiger partial charge in [-0.05, 0) is 0 Å². The summed E-state index contributed by atoms with van der Waals surface area (Å²) in [4.78, 5) is 51.8. The molecule has 0 saturated carbocycles. The van der Waals surface area contributed by atoms with E-state index in [1.807, 2.05) is 0 Å². The molecule has 0 unspecified atom stereocenters. The van der Waals surface area contributed by atoms with E-state index in [0.29, 0.717) is 0 Å². The topological polar surface area (TPSA) is 144 Å². The van der Waals surface area contributed by atoms with Gasteiger partial charge in [-0.2, -0.15) is 0 Å². The highest BCUT2D eigenvalue weighted by Gasteiger charge is 2.29. The first-order chi connectivity index (χ1) is 7.25. The molecule has 9 heteroatoms. The summed E-state index contributed by atoms with van der Waals surface area (Å²) in [5, 5.41) is 16.2. The smallest absolute Gasteiger partial charge is 0.420 e. The lowest BCUT2D eigenvalue weighted by molar-refractivity contribution is -0.197. The fourth-order valence-electron chi connectivity index (χ4n) is 0.485. The lowest BCUT2D eigenvalue weighted by atomic mass is 10.4. The number of hydrogen-bond acceptors (Lipinski definition) is 7. The molecular formula is C7H6O9. The molecule has 88 valence electrons. The largest absolute Gasteiger partial charge is 0.473 e. The van der Waals surface area contributed by atoms with Gasteiger partial charge in [0.05, 0.1) is 0 Å². The summed E-state index contributed by atoms with van der Waals surface area (Å²) >= 11 is 0. The molecular weight excluding hydrogens is 228 g/mol. The Labute approximate surface area is 87.6 Å². The second-order valence-electron chi connectivity index (χ2n) is 2.36. The van der Waals surface area contributed by atoms with Crippen LogP contribution < -0.4 is 0 Å². The third-order valence-electron chi connectivity index (χ3n) is 1.11. The molecule has 0 saturated heterocycles. The summed E-state index contributed by atoms with van der Waals surface area (Å²) in [6.07, 6.45) is -2.19. The van der Waals surface area contributed by atoms with Crippen molar-refractivity contribution in [3.05, 3.63) is 0 Å². The van der Waals surface area contributed by atoms with E-state index in [0.717, 1.165) is 6.92 Å². The molecule has 0 radical (unpaired) electrons. The number of carboxylic acid groups (broad SMARTS) is 2. The van der Waals surface area contributed by atoms with Crippen molar-refractivity contribution < 1.29 is 43.7 Å². The molecule has 0 fully saturated rings. The van der Waals surface area contributed by atoms with Crippen LogP contribution in [0, 0.1) is 0 Å². The Balaban J connectivity index is 4.58. The predicted molar refractivity (Wildman–Crippen MR) is 41.9 cm³/mol. The molecule has 0 aliphatic heterocycles. The van der Waals surface area contributed by atoms with Crippen LogP contribution in [-0.2, 0) is 33.4 Å². The first-order valence-electron chi connectivity index (χ1n) is 3.64. The van der Waals surface area contributed by atoms with E-state index >= 15 is 0 Å². The molecule has 0 aromatic rings. The van der Waals surface area contributed by atoms with E-state index < -0.39 is 36.0 Å². The van der Waals surface area contributed by atoms with Gasteiger partial charge in [0.15, 0.2) is 0 Å². The summed E-state index contributed by atoms with van der Waals surface area (Å²) in [6.45, 7) is 0.814. The van der Waals surface area contributed by atoms with Crippen LogP contribution in [-0.4, -0.2) is 46.2 Å². The second kappa shape index (κ2) is 5.44. The molecule has 9 nitrogen and oxygen atoms in total. The van der Waals surface area contributed by atoms with Gasteiger partial charge < -0.3 is 19.7 Å². The fraction of sp³-hybridized carbons (Fsp3) is 0.286. The molecule has 16 heavy (non-hydrogen) atoms. The molecule has 0 heterocycles. The maximum atomic E-state index is 10.7. The van der Waals surface area contributed by atoms with Crippen molar-refractivity contribution in [1.29, 1.82) is 0 Å². The van der Waals surface area contributed by atoms with E-state index in [1.165, 1.54) is 0 Å². The molecule has 0 bridgehead atoms. The van der Waals surface area contributed by atoms with Crippen LogP contribution in [0.2, 0.25) is 0 Å². The Kier molecular flexibility index (Phi) is 4.60. The molecule has 0 rings (SSSR count). The number of aliphatic carboxylic acids is 2. The van der Waals surface area contributed by atoms with Crippen molar-refractivity contribution >= 4 is 29.7 Å². The van der Waals surface area contributed by atoms with Crippen molar-refractivity contribution in [3.63, 3.8) is 0 Å². The number of hydrogen-bond donors (Lipinski definition) is 2. The van der Waals surface area contributed by atoms with Crippen molar-refractivity contribution in [2.24, 2.45) is 0 Å². The maximum Gasteiger partial charge on any atom is 0.420 e. The minimum Gasteiger partial charge on any atom is -0.473 e. The van der Waals surface area contributed by atoms with Gasteiger partial charge in [0.1, 0.15) is 0 Å². The minimum atomic E-state index is -2.19. The monoisotopic (exact) mass is 234 g/mol. The van der Waals surface area contributed by atoms with Crippen LogP contribution in [0.15, 0.2) is 0 Å². The van der Waals surface area contributed by atoms with E-state index in [4.69, 9.17) is 10.2 Å². The van der Waals surface area contributed by atoms with Gasteiger partial charge >= 0.3 is 30.2 Å². The average Bonchev–Trinajstić information content (AvgIpc) is 2.15. The normalized spacial score (nSPS) is 9.38. The summed E-state index contributed by atoms with van der Waals surface area (Å²) in [5.74, 6) is -8.77. The molecule has 0 amide bonds. The van der Waals surface area contributed by atoms with E-state index in [9.17, 15) is 24.0 Å². The van der Waals surface area contributed by atoms with Crippen molar-refractivity contribution in [3.8, 4) is 0 Å². The molecule has 2 N–H and O–H groups in total. The molecule has 0 aromatic carbocycles. The summed E-state index contributed by atoms with van der Waals surface area (Å²) in [6, 6.07) is 0. The quantitative estimate of drug-likeness (QED) is 0.326. The number of esters is 2. The first kappa shape index (κ1) is 13.6. The highest BCUT2D eigenvalue weighted by atomic mass is 16.7. The number of carbonyl (C=O) groups is 5. The molecule has 0 atom stereocenters. The number of carboxylic acids is 2. The first-order valence-corrected chi connectivity index (χ1v) is 3.64. The van der Waals surface area contributed by atoms with Gasteiger partial charge in [0.2, 0.25) is 5.78 Å². The van der Waals surface area contributed by atoms with Crippen LogP contribution >= 0.6 is 0 Å². The Hall–Kier alpha value is -2.45. The Bertz CT molecular complexity index is 327.